The van der Waals surface area contributed by atoms with Crippen LogP contribution in [0, 0.1) is 6.92 Å². The zero-order valence-corrected chi connectivity index (χ0v) is 13.9. The summed E-state index contributed by atoms with van der Waals surface area (Å²) in [4.78, 5) is 18.7. The number of hydrogen-bond acceptors (Lipinski definition) is 4. The fraction of sp³-hybridized carbons (Fsp3) is 0.412. The van der Waals surface area contributed by atoms with Crippen LogP contribution in [0.2, 0.25) is 0 Å². The highest BCUT2D eigenvalue weighted by Gasteiger charge is 2.43. The van der Waals surface area contributed by atoms with E-state index in [9.17, 15) is 18.0 Å². The predicted molar refractivity (Wildman–Crippen MR) is 87.9 cm³/mol. The Morgan fingerprint density at radius 1 is 1.20 bits per heavy atom. The van der Waals surface area contributed by atoms with Crippen LogP contribution in [0.4, 0.5) is 19.0 Å². The van der Waals surface area contributed by atoms with Crippen molar-refractivity contribution in [1.82, 2.24) is 9.88 Å². The largest absolute Gasteiger partial charge is 0.494 e. The van der Waals surface area contributed by atoms with E-state index in [2.05, 4.69) is 4.98 Å². The summed E-state index contributed by atoms with van der Waals surface area (Å²) in [6.07, 6.45) is -4.83. The van der Waals surface area contributed by atoms with Crippen LogP contribution in [-0.4, -0.2) is 55.3 Å². The molecular formula is C17H18F3N3O2. The van der Waals surface area contributed by atoms with E-state index in [1.165, 1.54) is 0 Å². The van der Waals surface area contributed by atoms with Crippen molar-refractivity contribution in [2.75, 3.05) is 38.2 Å². The number of aryl methyl sites for hydroxylation is 1. The number of alkyl halides is 3. The molecule has 2 aromatic rings. The molecular weight excluding hydrogens is 335 g/mol. The molecule has 5 nitrogen and oxygen atoms in total. The Balaban J connectivity index is 1.83. The highest BCUT2D eigenvalue weighted by atomic mass is 19.4. The third kappa shape index (κ3) is 3.33. The molecule has 0 unspecified atom stereocenters. The molecule has 0 bridgehead atoms. The quantitative estimate of drug-likeness (QED) is 0.833. The number of aromatic nitrogens is 1. The zero-order valence-electron chi connectivity index (χ0n) is 13.9. The molecule has 1 aliphatic rings. The number of methoxy groups -OCH3 is 1. The van der Waals surface area contributed by atoms with Crippen molar-refractivity contribution < 1.29 is 22.7 Å². The first-order valence-electron chi connectivity index (χ1n) is 7.86. The normalized spacial score (nSPS) is 15.6. The Morgan fingerprint density at radius 2 is 1.88 bits per heavy atom. The van der Waals surface area contributed by atoms with Gasteiger partial charge in [0.1, 0.15) is 17.1 Å². The number of nitrogens with zero attached hydrogens (tertiary/aromatic N) is 3. The number of halogens is 3. The van der Waals surface area contributed by atoms with Gasteiger partial charge in [0.15, 0.2) is 0 Å². The SMILES string of the molecule is COc1cccc2c(C)cc(N3CCN(C(=O)C(F)(F)F)CC3)nc12. The van der Waals surface area contributed by atoms with E-state index < -0.39 is 12.1 Å². The number of para-hydroxylation sites is 1. The lowest BCUT2D eigenvalue weighted by atomic mass is 10.1. The molecule has 8 heteroatoms. The molecule has 1 aliphatic heterocycles. The van der Waals surface area contributed by atoms with Gasteiger partial charge in [-0.2, -0.15) is 13.2 Å². The van der Waals surface area contributed by atoms with Crippen molar-refractivity contribution in [2.24, 2.45) is 0 Å². The average Bonchev–Trinajstić information content (AvgIpc) is 2.60. The summed E-state index contributed by atoms with van der Waals surface area (Å²) in [6.45, 7) is 2.59. The van der Waals surface area contributed by atoms with Gasteiger partial charge >= 0.3 is 12.1 Å². The van der Waals surface area contributed by atoms with Gasteiger partial charge in [0.2, 0.25) is 0 Å². The van der Waals surface area contributed by atoms with Crippen LogP contribution < -0.4 is 9.64 Å². The van der Waals surface area contributed by atoms with Gasteiger partial charge in [-0.15, -0.1) is 0 Å². The first-order chi connectivity index (χ1) is 11.8. The van der Waals surface area contributed by atoms with E-state index in [0.717, 1.165) is 15.8 Å². The standard InChI is InChI=1S/C17H18F3N3O2/c1-11-10-14(21-15-12(11)4-3-5-13(15)25-2)22-6-8-23(9-7-22)16(24)17(18,19)20/h3-5,10H,6-9H2,1-2H3. The van der Waals surface area contributed by atoms with Crippen LogP contribution in [0.25, 0.3) is 10.9 Å². The Hall–Kier alpha value is -2.51. The molecule has 0 N–H and O–H groups in total. The maximum Gasteiger partial charge on any atom is 0.471 e. The van der Waals surface area contributed by atoms with Gasteiger partial charge in [0.25, 0.3) is 0 Å². The number of rotatable bonds is 2. The lowest BCUT2D eigenvalue weighted by molar-refractivity contribution is -0.185. The fourth-order valence-corrected chi connectivity index (χ4v) is 3.02. The number of fused-ring (bicyclic) bond motifs is 1. The van der Waals surface area contributed by atoms with Gasteiger partial charge in [0, 0.05) is 31.6 Å². The lowest BCUT2D eigenvalue weighted by Gasteiger charge is -2.35. The third-order valence-electron chi connectivity index (χ3n) is 4.35. The highest BCUT2D eigenvalue weighted by molar-refractivity contribution is 5.89. The number of amides is 1. The number of carbonyl (C=O) groups excluding carboxylic acids is 1. The van der Waals surface area contributed by atoms with Gasteiger partial charge in [-0.25, -0.2) is 4.98 Å². The van der Waals surface area contributed by atoms with E-state index in [1.807, 2.05) is 36.1 Å². The summed E-state index contributed by atoms with van der Waals surface area (Å²) in [5.74, 6) is -0.460. The summed E-state index contributed by atoms with van der Waals surface area (Å²) < 4.78 is 43.0. The van der Waals surface area contributed by atoms with Crippen molar-refractivity contribution >= 4 is 22.6 Å². The first-order valence-corrected chi connectivity index (χ1v) is 7.86. The number of hydrogen-bond donors (Lipinski definition) is 0. The van der Waals surface area contributed by atoms with Crippen LogP contribution >= 0.6 is 0 Å². The smallest absolute Gasteiger partial charge is 0.471 e. The lowest BCUT2D eigenvalue weighted by Crippen LogP contribution is -2.52. The minimum absolute atomic E-state index is 0.0169. The van der Waals surface area contributed by atoms with Crippen molar-refractivity contribution in [2.45, 2.75) is 13.1 Å². The Morgan fingerprint density at radius 3 is 2.48 bits per heavy atom. The third-order valence-corrected chi connectivity index (χ3v) is 4.35. The van der Waals surface area contributed by atoms with Crippen LogP contribution in [-0.2, 0) is 4.79 Å². The molecule has 0 atom stereocenters. The number of pyridine rings is 1. The molecule has 2 heterocycles. The Labute approximate surface area is 143 Å². The topological polar surface area (TPSA) is 45.7 Å². The van der Waals surface area contributed by atoms with E-state index in [4.69, 9.17) is 4.74 Å². The maximum absolute atomic E-state index is 12.5. The maximum atomic E-state index is 12.5. The summed E-state index contributed by atoms with van der Waals surface area (Å²) in [5, 5.41) is 0.967. The Bertz CT molecular complexity index is 800. The summed E-state index contributed by atoms with van der Waals surface area (Å²) >= 11 is 0. The number of piperazine rings is 1. The minimum atomic E-state index is -4.83. The molecule has 25 heavy (non-hydrogen) atoms. The van der Waals surface area contributed by atoms with Crippen LogP contribution in [0.3, 0.4) is 0 Å². The van der Waals surface area contributed by atoms with Crippen LogP contribution in [0.1, 0.15) is 5.56 Å². The van der Waals surface area contributed by atoms with E-state index >= 15 is 0 Å². The number of anilines is 1. The summed E-state index contributed by atoms with van der Waals surface area (Å²) in [5.41, 5.74) is 1.72. The minimum Gasteiger partial charge on any atom is -0.494 e. The molecule has 1 aromatic carbocycles. The van der Waals surface area contributed by atoms with Crippen molar-refractivity contribution in [3.05, 3.63) is 29.8 Å². The van der Waals surface area contributed by atoms with E-state index in [1.54, 1.807) is 7.11 Å². The monoisotopic (exact) mass is 353 g/mol. The molecule has 1 amide bonds. The zero-order chi connectivity index (χ0) is 18.2. The molecule has 1 saturated heterocycles. The van der Waals surface area contributed by atoms with Crippen molar-refractivity contribution in [3.8, 4) is 5.75 Å². The molecule has 3 rings (SSSR count). The predicted octanol–water partition coefficient (Wildman–Crippen LogP) is 2.76. The van der Waals surface area contributed by atoms with Gasteiger partial charge in [-0.3, -0.25) is 4.79 Å². The fourth-order valence-electron chi connectivity index (χ4n) is 3.02. The van der Waals surface area contributed by atoms with E-state index in [-0.39, 0.29) is 13.1 Å². The molecule has 0 spiro atoms. The van der Waals surface area contributed by atoms with Gasteiger partial charge in [0.05, 0.1) is 7.11 Å². The van der Waals surface area contributed by atoms with Gasteiger partial charge < -0.3 is 14.5 Å². The second-order valence-electron chi connectivity index (χ2n) is 5.93. The highest BCUT2D eigenvalue weighted by Crippen LogP contribution is 2.29. The van der Waals surface area contributed by atoms with Crippen LogP contribution in [0.5, 0.6) is 5.75 Å². The van der Waals surface area contributed by atoms with Crippen LogP contribution in [0.15, 0.2) is 24.3 Å². The molecule has 0 radical (unpaired) electrons. The first kappa shape index (κ1) is 17.3. The molecule has 134 valence electrons. The average molecular weight is 353 g/mol. The summed E-state index contributed by atoms with van der Waals surface area (Å²) in [7, 11) is 1.57. The summed E-state index contributed by atoms with van der Waals surface area (Å²) in [6, 6.07) is 7.56. The second-order valence-corrected chi connectivity index (χ2v) is 5.93. The molecule has 0 aliphatic carbocycles. The molecule has 1 aromatic heterocycles. The van der Waals surface area contributed by atoms with Crippen molar-refractivity contribution in [1.29, 1.82) is 0 Å². The van der Waals surface area contributed by atoms with Gasteiger partial charge in [-0.1, -0.05) is 12.1 Å². The van der Waals surface area contributed by atoms with Crippen molar-refractivity contribution in [3.63, 3.8) is 0 Å². The number of ether oxygens (including phenoxy) is 1. The number of carbonyl (C=O) groups is 1. The second kappa shape index (κ2) is 6.42. The van der Waals surface area contributed by atoms with Gasteiger partial charge in [-0.05, 0) is 24.6 Å². The molecule has 0 saturated carbocycles. The molecule has 1 fully saturated rings. The number of benzene rings is 1. The Kier molecular flexibility index (Phi) is 4.45. The van der Waals surface area contributed by atoms with E-state index in [0.29, 0.717) is 30.2 Å².